The van der Waals surface area contributed by atoms with Crippen molar-refractivity contribution < 1.29 is 0 Å². The van der Waals surface area contributed by atoms with E-state index in [9.17, 15) is 0 Å². The van der Waals surface area contributed by atoms with Gasteiger partial charge in [-0.1, -0.05) is 90.2 Å². The van der Waals surface area contributed by atoms with E-state index in [1.165, 1.54) is 51.4 Å². The van der Waals surface area contributed by atoms with Gasteiger partial charge in [0.25, 0.3) is 0 Å². The predicted molar refractivity (Wildman–Crippen MR) is 137 cm³/mol. The third kappa shape index (κ3) is 173. The molecule has 27 heavy (non-hydrogen) atoms. The lowest BCUT2D eigenvalue weighted by Crippen LogP contribution is -1.67. The molecule has 162 valence electrons. The van der Waals surface area contributed by atoms with Crippen LogP contribution < -0.4 is 0 Å². The molecule has 0 bridgehead atoms. The van der Waals surface area contributed by atoms with Crippen molar-refractivity contribution in [2.75, 3.05) is 0 Å². The molecule has 0 amide bonds. The van der Waals surface area contributed by atoms with Gasteiger partial charge in [0, 0.05) is 0 Å². The van der Waals surface area contributed by atoms with Gasteiger partial charge in [-0.2, -0.15) is 0 Å². The molecular weight excluding hydrogens is 324 g/mol. The highest BCUT2D eigenvalue weighted by Gasteiger charge is 1.77. The number of hydrogen-bond donors (Lipinski definition) is 0. The minimum Gasteiger partial charge on any atom is -0.106 e. The fourth-order valence-corrected chi connectivity index (χ4v) is 1.09. The van der Waals surface area contributed by atoms with Gasteiger partial charge in [0.05, 0.1) is 0 Å². The Hall–Kier alpha value is -1.56. The molecule has 0 nitrogen and oxygen atoms in total. The summed E-state index contributed by atoms with van der Waals surface area (Å²) in [6.45, 7) is 34.1. The first kappa shape index (κ1) is 40.2. The van der Waals surface area contributed by atoms with Crippen molar-refractivity contribution in [3.63, 3.8) is 0 Å². The van der Waals surface area contributed by atoms with Gasteiger partial charge in [-0.3, -0.25) is 0 Å². The summed E-state index contributed by atoms with van der Waals surface area (Å²) < 4.78 is 0. The highest BCUT2D eigenvalue weighted by atomic mass is 13.8. The molecule has 0 aliphatic carbocycles. The highest BCUT2D eigenvalue weighted by Crippen LogP contribution is 1.97. The standard InChI is InChI=1S/C7H14.C6H12.C5H10.C4H8.C3H6.C2H4/c1-3-5-7-6-4-2;1-3-5-6-4-2;1-3-5-4-2;1-3-4-2;1-3-2;1-2/h3H,1,4-7H2,2H3;3H,1,4-6H2,2H3;3H,1,4-5H2,2H3;3H,1,4H2,2H3;3H,1H2,2H3;1-2H2. The van der Waals surface area contributed by atoms with E-state index >= 15 is 0 Å². The van der Waals surface area contributed by atoms with Crippen molar-refractivity contribution >= 4 is 0 Å². The van der Waals surface area contributed by atoms with Crippen molar-refractivity contribution in [2.24, 2.45) is 0 Å². The van der Waals surface area contributed by atoms with Crippen LogP contribution >= 0.6 is 0 Å². The molecule has 0 fully saturated rings. The molecule has 0 spiro atoms. The largest absolute Gasteiger partial charge is 0.106 e. The molecule has 0 N–H and O–H groups in total. The van der Waals surface area contributed by atoms with Crippen LogP contribution in [0.25, 0.3) is 0 Å². The molecule has 0 radical (unpaired) electrons. The van der Waals surface area contributed by atoms with Gasteiger partial charge in [0.15, 0.2) is 0 Å². The maximum Gasteiger partial charge on any atom is -0.0353 e. The van der Waals surface area contributed by atoms with Crippen molar-refractivity contribution in [3.05, 3.63) is 76.4 Å². The topological polar surface area (TPSA) is 0 Å². The van der Waals surface area contributed by atoms with Gasteiger partial charge in [-0.05, 0) is 39.0 Å². The number of hydrogen-bond acceptors (Lipinski definition) is 0. The number of rotatable bonds is 10. The second-order valence-electron chi connectivity index (χ2n) is 5.40. The summed E-state index contributed by atoms with van der Waals surface area (Å²) in [6, 6.07) is 0. The van der Waals surface area contributed by atoms with Gasteiger partial charge >= 0.3 is 0 Å². The van der Waals surface area contributed by atoms with E-state index in [0.717, 1.165) is 12.8 Å². The molecule has 0 aromatic rings. The van der Waals surface area contributed by atoms with E-state index < -0.39 is 0 Å². The Balaban J connectivity index is -0.0000000511. The van der Waals surface area contributed by atoms with Crippen LogP contribution in [0, 0.1) is 0 Å². The normalized spacial score (nSPS) is 7.00. The van der Waals surface area contributed by atoms with Crippen LogP contribution in [0.1, 0.15) is 98.8 Å². The maximum absolute atomic E-state index is 3.63. The van der Waals surface area contributed by atoms with Gasteiger partial charge in [0.1, 0.15) is 0 Å². The summed E-state index contributed by atoms with van der Waals surface area (Å²) in [6.07, 6.45) is 21.9. The number of unbranched alkanes of at least 4 members (excludes halogenated alkanes) is 6. The lowest BCUT2D eigenvalue weighted by molar-refractivity contribution is 0.730. The van der Waals surface area contributed by atoms with E-state index in [1.807, 2.05) is 31.2 Å². The van der Waals surface area contributed by atoms with Crippen LogP contribution in [0.15, 0.2) is 76.4 Å². The fourth-order valence-electron chi connectivity index (χ4n) is 1.09. The van der Waals surface area contributed by atoms with E-state index in [4.69, 9.17) is 0 Å². The van der Waals surface area contributed by atoms with Crippen molar-refractivity contribution in [3.8, 4) is 0 Å². The average Bonchev–Trinajstić information content (AvgIpc) is 2.71. The van der Waals surface area contributed by atoms with Gasteiger partial charge in [-0.15, -0.1) is 46.1 Å². The van der Waals surface area contributed by atoms with E-state index in [1.54, 1.807) is 6.08 Å². The van der Waals surface area contributed by atoms with Gasteiger partial charge < -0.3 is 0 Å². The Morgan fingerprint density at radius 1 is 0.519 bits per heavy atom. The zero-order valence-electron chi connectivity index (χ0n) is 19.9. The highest BCUT2D eigenvalue weighted by molar-refractivity contribution is 4.65. The van der Waals surface area contributed by atoms with Gasteiger partial charge in [-0.25, -0.2) is 0 Å². The average molecular weight is 379 g/mol. The van der Waals surface area contributed by atoms with Crippen LogP contribution in [0.2, 0.25) is 0 Å². The second kappa shape index (κ2) is 74.3. The zero-order chi connectivity index (χ0) is 22.6. The molecule has 0 aromatic heterocycles. The first-order chi connectivity index (χ1) is 13.1. The summed E-state index contributed by atoms with van der Waals surface area (Å²) in [5, 5.41) is 0. The molecule has 0 saturated carbocycles. The third-order valence-electron chi connectivity index (χ3n) is 2.56. The first-order valence-electron chi connectivity index (χ1n) is 10.6. The summed E-state index contributed by atoms with van der Waals surface area (Å²) in [5.74, 6) is 0. The zero-order valence-corrected chi connectivity index (χ0v) is 19.9. The summed E-state index contributed by atoms with van der Waals surface area (Å²) in [4.78, 5) is 0. The minimum atomic E-state index is 1.08. The summed E-state index contributed by atoms with van der Waals surface area (Å²) in [7, 11) is 0. The Bertz CT molecular complexity index is 234. The molecule has 0 atom stereocenters. The molecule has 0 saturated heterocycles. The molecular formula is C27H54. The molecule has 0 aliphatic heterocycles. The van der Waals surface area contributed by atoms with E-state index in [0.29, 0.717) is 0 Å². The quantitative estimate of drug-likeness (QED) is 0.262. The van der Waals surface area contributed by atoms with E-state index in [2.05, 4.69) is 73.7 Å². The van der Waals surface area contributed by atoms with Crippen LogP contribution in [-0.2, 0) is 0 Å². The second-order valence-corrected chi connectivity index (χ2v) is 5.40. The van der Waals surface area contributed by atoms with Crippen LogP contribution in [0.4, 0.5) is 0 Å². The fraction of sp³-hybridized carbons (Fsp3) is 0.556. The Labute approximate surface area is 175 Å². The molecule has 0 aromatic carbocycles. The molecule has 0 rings (SSSR count). The van der Waals surface area contributed by atoms with E-state index in [-0.39, 0.29) is 0 Å². The SMILES string of the molecule is C=C.C=CC.C=CCC.C=CCCC.C=CCCCC.C=CCCCCC. The molecule has 0 unspecified atom stereocenters. The Morgan fingerprint density at radius 3 is 1.00 bits per heavy atom. The minimum absolute atomic E-state index is 1.08. The van der Waals surface area contributed by atoms with Crippen LogP contribution in [-0.4, -0.2) is 0 Å². The van der Waals surface area contributed by atoms with Gasteiger partial charge in [0.2, 0.25) is 0 Å². The smallest absolute Gasteiger partial charge is 0.0353 e. The Kier molecular flexibility index (Phi) is 111. The predicted octanol–water partition coefficient (Wildman–Crippen LogP) is 10.7. The Morgan fingerprint density at radius 2 is 0.852 bits per heavy atom. The molecule has 0 heteroatoms. The molecule has 0 aliphatic rings. The number of allylic oxidation sites excluding steroid dienone is 5. The van der Waals surface area contributed by atoms with Crippen molar-refractivity contribution in [1.82, 2.24) is 0 Å². The lowest BCUT2D eigenvalue weighted by Gasteiger charge is -1.87. The first-order valence-corrected chi connectivity index (χ1v) is 10.6. The third-order valence-corrected chi connectivity index (χ3v) is 2.56. The van der Waals surface area contributed by atoms with Crippen molar-refractivity contribution in [2.45, 2.75) is 98.8 Å². The van der Waals surface area contributed by atoms with Crippen LogP contribution in [0.5, 0.6) is 0 Å². The van der Waals surface area contributed by atoms with Crippen molar-refractivity contribution in [1.29, 1.82) is 0 Å². The van der Waals surface area contributed by atoms with Crippen LogP contribution in [0.3, 0.4) is 0 Å². The molecule has 0 heterocycles. The summed E-state index contributed by atoms with van der Waals surface area (Å²) in [5.41, 5.74) is 0. The lowest BCUT2D eigenvalue weighted by atomic mass is 10.2. The maximum atomic E-state index is 3.63. The summed E-state index contributed by atoms with van der Waals surface area (Å²) >= 11 is 0. The monoisotopic (exact) mass is 378 g/mol.